The van der Waals surface area contributed by atoms with E-state index in [1.165, 1.54) is 4.90 Å². The molecule has 0 bridgehead atoms. The minimum Gasteiger partial charge on any atom is -0.480 e. The van der Waals surface area contributed by atoms with Crippen LogP contribution in [-0.2, 0) is 16.0 Å². The highest BCUT2D eigenvalue weighted by atomic mass is 16.4. The van der Waals surface area contributed by atoms with E-state index in [1.54, 1.807) is 26.0 Å². The summed E-state index contributed by atoms with van der Waals surface area (Å²) in [7, 11) is 0. The summed E-state index contributed by atoms with van der Waals surface area (Å²) in [6.45, 7) is 5.21. The zero-order chi connectivity index (χ0) is 16.7. The second kappa shape index (κ2) is 8.32. The fourth-order valence-corrected chi connectivity index (χ4v) is 2.14. The lowest BCUT2D eigenvalue weighted by Crippen LogP contribution is -2.40. The Bertz CT molecular complexity index is 534. The largest absolute Gasteiger partial charge is 0.480 e. The lowest BCUT2D eigenvalue weighted by atomic mass is 10.0. The van der Waals surface area contributed by atoms with Gasteiger partial charge in [0.25, 0.3) is 0 Å². The molecule has 0 fully saturated rings. The molecule has 5 nitrogen and oxygen atoms in total. The highest BCUT2D eigenvalue weighted by molar-refractivity contribution is 5.98. The number of rotatable bonds is 8. The normalized spacial score (nSPS) is 10.5. The number of ketones is 1. The van der Waals surface area contributed by atoms with E-state index in [0.29, 0.717) is 5.56 Å². The Morgan fingerprint density at radius 1 is 1.09 bits per heavy atom. The Balaban J connectivity index is 2.60. The van der Waals surface area contributed by atoms with Crippen molar-refractivity contribution >= 4 is 17.7 Å². The van der Waals surface area contributed by atoms with Crippen LogP contribution in [0.5, 0.6) is 0 Å². The Labute approximate surface area is 130 Å². The number of carbonyl (C=O) groups excluding carboxylic acids is 2. The Kier molecular flexibility index (Phi) is 6.76. The Morgan fingerprint density at radius 3 is 2.14 bits per heavy atom. The van der Waals surface area contributed by atoms with Gasteiger partial charge in [0.15, 0.2) is 5.78 Å². The maximum atomic E-state index is 12.1. The van der Waals surface area contributed by atoms with Gasteiger partial charge in [-0.2, -0.15) is 0 Å². The molecule has 0 atom stereocenters. The number of carboxylic acids is 1. The molecule has 1 N–H and O–H groups in total. The molecule has 0 unspecified atom stereocenters. The molecule has 1 aromatic carbocycles. The summed E-state index contributed by atoms with van der Waals surface area (Å²) in [5, 5.41) is 8.83. The summed E-state index contributed by atoms with van der Waals surface area (Å²) in [5.74, 6) is -1.46. The molecule has 0 saturated heterocycles. The van der Waals surface area contributed by atoms with Crippen molar-refractivity contribution in [2.75, 3.05) is 6.54 Å². The molecule has 5 heteroatoms. The van der Waals surface area contributed by atoms with Crippen LogP contribution in [-0.4, -0.2) is 40.3 Å². The molecule has 0 aliphatic rings. The van der Waals surface area contributed by atoms with Gasteiger partial charge in [0.05, 0.1) is 0 Å². The number of aliphatic carboxylic acids is 1. The first kappa shape index (κ1) is 17.9. The second-order valence-electron chi connectivity index (χ2n) is 5.48. The van der Waals surface area contributed by atoms with Crippen molar-refractivity contribution in [3.05, 3.63) is 35.4 Å². The van der Waals surface area contributed by atoms with Gasteiger partial charge >= 0.3 is 5.97 Å². The molecule has 0 heterocycles. The van der Waals surface area contributed by atoms with Gasteiger partial charge in [-0.15, -0.1) is 0 Å². The van der Waals surface area contributed by atoms with Crippen molar-refractivity contribution < 1.29 is 19.5 Å². The van der Waals surface area contributed by atoms with Crippen LogP contribution in [0, 0.1) is 0 Å². The molecule has 120 valence electrons. The van der Waals surface area contributed by atoms with Crippen LogP contribution in [0.15, 0.2) is 24.3 Å². The van der Waals surface area contributed by atoms with Gasteiger partial charge in [-0.25, -0.2) is 0 Å². The minimum atomic E-state index is -1.05. The Hall–Kier alpha value is -2.17. The zero-order valence-corrected chi connectivity index (χ0v) is 13.3. The highest BCUT2D eigenvalue weighted by Gasteiger charge is 2.20. The standard InChI is InChI=1S/C17H23NO4/c1-4-13-5-7-14(8-6-13)15(19)9-10-16(20)18(12(2)3)11-17(21)22/h5-8,12H,4,9-11H2,1-3H3,(H,21,22). The van der Waals surface area contributed by atoms with E-state index >= 15 is 0 Å². The molecule has 1 amide bonds. The highest BCUT2D eigenvalue weighted by Crippen LogP contribution is 2.11. The van der Waals surface area contributed by atoms with Gasteiger partial charge in [-0.1, -0.05) is 31.2 Å². The summed E-state index contributed by atoms with van der Waals surface area (Å²) in [5.41, 5.74) is 1.74. The van der Waals surface area contributed by atoms with Gasteiger partial charge in [0, 0.05) is 24.4 Å². The SMILES string of the molecule is CCc1ccc(C(=O)CCC(=O)N(CC(=O)O)C(C)C)cc1. The average molecular weight is 305 g/mol. The fourth-order valence-electron chi connectivity index (χ4n) is 2.14. The van der Waals surface area contributed by atoms with E-state index in [1.807, 2.05) is 19.1 Å². The zero-order valence-electron chi connectivity index (χ0n) is 13.3. The summed E-state index contributed by atoms with van der Waals surface area (Å²) < 4.78 is 0. The van der Waals surface area contributed by atoms with Gasteiger partial charge in [0.2, 0.25) is 5.91 Å². The summed E-state index contributed by atoms with van der Waals surface area (Å²) in [6.07, 6.45) is 1.03. The van der Waals surface area contributed by atoms with Crippen LogP contribution in [0.2, 0.25) is 0 Å². The maximum absolute atomic E-state index is 12.1. The first-order valence-corrected chi connectivity index (χ1v) is 7.48. The van der Waals surface area contributed by atoms with E-state index in [-0.39, 0.29) is 37.1 Å². The van der Waals surface area contributed by atoms with E-state index < -0.39 is 5.97 Å². The van der Waals surface area contributed by atoms with Crippen molar-refractivity contribution in [1.82, 2.24) is 4.90 Å². The van der Waals surface area contributed by atoms with Crippen LogP contribution < -0.4 is 0 Å². The summed E-state index contributed by atoms with van der Waals surface area (Å²) in [6, 6.07) is 7.13. The molecule has 0 aliphatic heterocycles. The van der Waals surface area contributed by atoms with Crippen LogP contribution in [0.3, 0.4) is 0 Å². The summed E-state index contributed by atoms with van der Waals surface area (Å²) >= 11 is 0. The van der Waals surface area contributed by atoms with Gasteiger partial charge in [-0.05, 0) is 25.8 Å². The van der Waals surface area contributed by atoms with Gasteiger partial charge in [-0.3, -0.25) is 14.4 Å². The fraction of sp³-hybridized carbons (Fsp3) is 0.471. The number of hydrogen-bond donors (Lipinski definition) is 1. The summed E-state index contributed by atoms with van der Waals surface area (Å²) in [4.78, 5) is 36.2. The third kappa shape index (κ3) is 5.31. The molecular weight excluding hydrogens is 282 g/mol. The molecule has 0 radical (unpaired) electrons. The number of amides is 1. The first-order valence-electron chi connectivity index (χ1n) is 7.48. The van der Waals surface area contributed by atoms with Crippen molar-refractivity contribution in [2.24, 2.45) is 0 Å². The number of nitrogens with zero attached hydrogens (tertiary/aromatic N) is 1. The molecule has 1 aromatic rings. The van der Waals surface area contributed by atoms with Gasteiger partial charge in [0.1, 0.15) is 6.54 Å². The monoisotopic (exact) mass is 305 g/mol. The number of hydrogen-bond acceptors (Lipinski definition) is 3. The molecule has 0 aromatic heterocycles. The van der Waals surface area contributed by atoms with Gasteiger partial charge < -0.3 is 10.0 Å². The third-order valence-electron chi connectivity index (χ3n) is 3.50. The molecule has 0 spiro atoms. The van der Waals surface area contributed by atoms with Crippen molar-refractivity contribution in [3.63, 3.8) is 0 Å². The number of carbonyl (C=O) groups is 3. The number of aryl methyl sites for hydroxylation is 1. The molecule has 22 heavy (non-hydrogen) atoms. The van der Waals surface area contributed by atoms with E-state index in [9.17, 15) is 14.4 Å². The average Bonchev–Trinajstić information content (AvgIpc) is 2.49. The van der Waals surface area contributed by atoms with E-state index in [0.717, 1.165) is 12.0 Å². The van der Waals surface area contributed by atoms with Crippen molar-refractivity contribution in [1.29, 1.82) is 0 Å². The minimum absolute atomic E-state index is 0.0276. The van der Waals surface area contributed by atoms with Crippen LogP contribution in [0.4, 0.5) is 0 Å². The maximum Gasteiger partial charge on any atom is 0.323 e. The van der Waals surface area contributed by atoms with E-state index in [2.05, 4.69) is 0 Å². The second-order valence-corrected chi connectivity index (χ2v) is 5.48. The predicted molar refractivity (Wildman–Crippen MR) is 83.9 cm³/mol. The molecule has 1 rings (SSSR count). The lowest BCUT2D eigenvalue weighted by molar-refractivity contribution is -0.145. The van der Waals surface area contributed by atoms with Crippen LogP contribution >= 0.6 is 0 Å². The van der Waals surface area contributed by atoms with Crippen molar-refractivity contribution in [2.45, 2.75) is 46.1 Å². The van der Waals surface area contributed by atoms with Crippen LogP contribution in [0.25, 0.3) is 0 Å². The molecule has 0 saturated carbocycles. The predicted octanol–water partition coefficient (Wildman–Crippen LogP) is 2.53. The van der Waals surface area contributed by atoms with E-state index in [4.69, 9.17) is 5.11 Å². The topological polar surface area (TPSA) is 74.7 Å². The number of Topliss-reactive ketones (excluding diaryl/α,β-unsaturated/α-hetero) is 1. The molecule has 0 aliphatic carbocycles. The smallest absolute Gasteiger partial charge is 0.323 e. The van der Waals surface area contributed by atoms with Crippen molar-refractivity contribution in [3.8, 4) is 0 Å². The Morgan fingerprint density at radius 2 is 1.68 bits per heavy atom. The number of benzene rings is 1. The van der Waals surface area contributed by atoms with Crippen LogP contribution in [0.1, 0.15) is 49.5 Å². The quantitative estimate of drug-likeness (QED) is 0.749. The third-order valence-corrected chi connectivity index (χ3v) is 3.50. The molecular formula is C17H23NO4. The first-order chi connectivity index (χ1) is 10.3. The lowest BCUT2D eigenvalue weighted by Gasteiger charge is -2.24. The number of carboxylic acid groups (broad SMARTS) is 1.